The average molecular weight is 458 g/mol. The fourth-order valence-electron chi connectivity index (χ4n) is 3.45. The lowest BCUT2D eigenvalue weighted by molar-refractivity contribution is 0.395. The number of hydrogen-bond donors (Lipinski definition) is 2. The summed E-state index contributed by atoms with van der Waals surface area (Å²) >= 11 is 10.4. The third-order valence-electron chi connectivity index (χ3n) is 5.29. The third kappa shape index (κ3) is 3.39. The van der Waals surface area contributed by atoms with E-state index < -0.39 is 28.8 Å². The van der Waals surface area contributed by atoms with E-state index in [9.17, 15) is 19.8 Å². The highest BCUT2D eigenvalue weighted by atomic mass is 32.1. The summed E-state index contributed by atoms with van der Waals surface area (Å²) in [6.07, 6.45) is 0. The summed E-state index contributed by atoms with van der Waals surface area (Å²) in [6.45, 7) is 0. The van der Waals surface area contributed by atoms with Gasteiger partial charge in [-0.1, -0.05) is 12.1 Å². The van der Waals surface area contributed by atoms with Crippen molar-refractivity contribution in [2.24, 2.45) is 28.2 Å². The second-order valence-corrected chi connectivity index (χ2v) is 7.78. The second kappa shape index (κ2) is 7.98. The van der Waals surface area contributed by atoms with Crippen molar-refractivity contribution >= 4 is 24.4 Å². The van der Waals surface area contributed by atoms with Crippen LogP contribution in [-0.4, -0.2) is 28.5 Å². The number of aromatic nitrogens is 4. The quantitative estimate of drug-likeness (QED) is 0.575. The Bertz CT molecular complexity index is 1400. The van der Waals surface area contributed by atoms with Gasteiger partial charge in [0.1, 0.15) is 0 Å². The van der Waals surface area contributed by atoms with Crippen molar-refractivity contribution in [1.82, 2.24) is 18.3 Å². The van der Waals surface area contributed by atoms with E-state index in [0.29, 0.717) is 11.1 Å². The van der Waals surface area contributed by atoms with E-state index in [-0.39, 0.29) is 20.7 Å². The zero-order chi connectivity index (χ0) is 23.2. The first kappa shape index (κ1) is 22.2. The molecular weight excluding hydrogens is 438 g/mol. The van der Waals surface area contributed by atoms with Crippen molar-refractivity contribution in [2.75, 3.05) is 0 Å². The molecule has 11 heteroatoms. The minimum atomic E-state index is -1.16. The van der Waals surface area contributed by atoms with Gasteiger partial charge in [0, 0.05) is 28.2 Å². The third-order valence-corrected chi connectivity index (χ3v) is 6.38. The summed E-state index contributed by atoms with van der Waals surface area (Å²) in [6, 6.07) is 8.17. The molecule has 1 aromatic carbocycles. The van der Waals surface area contributed by atoms with E-state index in [1.807, 2.05) is 6.07 Å². The van der Waals surface area contributed by atoms with Crippen LogP contribution in [-0.2, 0) is 28.2 Å². The zero-order valence-corrected chi connectivity index (χ0v) is 18.8. The van der Waals surface area contributed by atoms with Gasteiger partial charge in [0.05, 0.1) is 28.7 Å². The first-order chi connectivity index (χ1) is 14.5. The van der Waals surface area contributed by atoms with Crippen LogP contribution in [0.3, 0.4) is 0 Å². The van der Waals surface area contributed by atoms with Crippen molar-refractivity contribution in [2.45, 2.75) is 5.92 Å². The molecule has 0 amide bonds. The molecule has 160 valence electrons. The summed E-state index contributed by atoms with van der Waals surface area (Å²) in [5.74, 6) is -2.03. The van der Waals surface area contributed by atoms with E-state index in [4.69, 9.17) is 29.7 Å². The lowest BCUT2D eigenvalue weighted by atomic mass is 9.86. The predicted octanol–water partition coefficient (Wildman–Crippen LogP) is 1.68. The molecule has 31 heavy (non-hydrogen) atoms. The summed E-state index contributed by atoms with van der Waals surface area (Å²) < 4.78 is 4.98. The zero-order valence-electron chi connectivity index (χ0n) is 17.2. The van der Waals surface area contributed by atoms with E-state index >= 15 is 0 Å². The molecule has 3 rings (SSSR count). The molecule has 2 N–H and O–H groups in total. The Morgan fingerprint density at radius 1 is 0.806 bits per heavy atom. The second-order valence-electron chi connectivity index (χ2n) is 7.05. The maximum Gasteiger partial charge on any atom is 0.262 e. The van der Waals surface area contributed by atoms with Gasteiger partial charge in [-0.15, -0.1) is 0 Å². The average Bonchev–Trinajstić information content (AvgIpc) is 2.78. The van der Waals surface area contributed by atoms with Crippen LogP contribution in [0.1, 0.15) is 28.2 Å². The first-order valence-electron chi connectivity index (χ1n) is 9.00. The van der Waals surface area contributed by atoms with Crippen LogP contribution in [0.25, 0.3) is 0 Å². The largest absolute Gasteiger partial charge is 0.494 e. The van der Waals surface area contributed by atoms with Gasteiger partial charge in [0.25, 0.3) is 11.1 Å². The van der Waals surface area contributed by atoms with Crippen LogP contribution in [0, 0.1) is 20.9 Å². The van der Waals surface area contributed by atoms with E-state index in [1.54, 1.807) is 12.1 Å². The van der Waals surface area contributed by atoms with Crippen molar-refractivity contribution in [3.63, 3.8) is 0 Å². The Hall–Kier alpha value is -3.49. The minimum absolute atomic E-state index is 0.0772. The van der Waals surface area contributed by atoms with Crippen molar-refractivity contribution in [3.05, 3.63) is 76.8 Å². The fraction of sp³-hybridized carbons (Fsp3) is 0.250. The SMILES string of the molecule is Cn1c(O)c(C(c2ccc(C#N)cc2)c2c(O)n(C)c(=S)n(C)c2=O)c(=O)n(C)c1=S. The Balaban J connectivity index is 2.56. The summed E-state index contributed by atoms with van der Waals surface area (Å²) in [5, 5.41) is 30.8. The smallest absolute Gasteiger partial charge is 0.262 e. The Morgan fingerprint density at radius 3 is 1.55 bits per heavy atom. The Labute approximate surface area is 186 Å². The minimum Gasteiger partial charge on any atom is -0.494 e. The highest BCUT2D eigenvalue weighted by Crippen LogP contribution is 2.36. The van der Waals surface area contributed by atoms with Crippen LogP contribution in [0.4, 0.5) is 0 Å². The van der Waals surface area contributed by atoms with Gasteiger partial charge >= 0.3 is 0 Å². The summed E-state index contributed by atoms with van der Waals surface area (Å²) in [4.78, 5) is 26.4. The fourth-order valence-corrected chi connectivity index (χ4v) is 3.79. The van der Waals surface area contributed by atoms with Gasteiger partial charge in [-0.3, -0.25) is 27.9 Å². The molecule has 9 nitrogen and oxygen atoms in total. The molecule has 0 fully saturated rings. The molecule has 0 bridgehead atoms. The van der Waals surface area contributed by atoms with Crippen molar-refractivity contribution in [3.8, 4) is 17.8 Å². The summed E-state index contributed by atoms with van der Waals surface area (Å²) in [7, 11) is 5.88. The maximum atomic E-state index is 13.2. The van der Waals surface area contributed by atoms with Gasteiger partial charge < -0.3 is 10.2 Å². The lowest BCUT2D eigenvalue weighted by Gasteiger charge is -2.23. The highest BCUT2D eigenvalue weighted by Gasteiger charge is 2.32. The van der Waals surface area contributed by atoms with Gasteiger partial charge in [-0.2, -0.15) is 5.26 Å². The van der Waals surface area contributed by atoms with E-state index in [0.717, 1.165) is 0 Å². The normalized spacial score (nSPS) is 11.0. The van der Waals surface area contributed by atoms with Crippen molar-refractivity contribution < 1.29 is 10.2 Å². The monoisotopic (exact) mass is 457 g/mol. The molecule has 0 aliphatic heterocycles. The molecule has 0 spiro atoms. The number of rotatable bonds is 3. The standard InChI is InChI=1S/C20H19N5O4S2/c1-22-15(26)13(16(27)23(2)19(22)30)12(11-7-5-10(9-21)6-8-11)14-17(28)24(3)20(31)25(4)18(14)29/h5-8,12,26,28H,1-4H3. The Kier molecular flexibility index (Phi) is 5.71. The van der Waals surface area contributed by atoms with E-state index in [2.05, 4.69) is 0 Å². The lowest BCUT2D eigenvalue weighted by Crippen LogP contribution is -2.33. The topological polar surface area (TPSA) is 118 Å². The number of aromatic hydroxyl groups is 2. The van der Waals surface area contributed by atoms with Crippen LogP contribution < -0.4 is 11.1 Å². The molecule has 0 saturated carbocycles. The van der Waals surface area contributed by atoms with Crippen LogP contribution >= 0.6 is 24.4 Å². The maximum absolute atomic E-state index is 13.2. The molecule has 0 radical (unpaired) electrons. The van der Waals surface area contributed by atoms with Gasteiger partial charge in [0.2, 0.25) is 11.8 Å². The molecule has 0 saturated heterocycles. The van der Waals surface area contributed by atoms with Gasteiger partial charge in [-0.25, -0.2) is 0 Å². The van der Waals surface area contributed by atoms with Crippen LogP contribution in [0.15, 0.2) is 33.9 Å². The number of benzene rings is 1. The molecule has 2 heterocycles. The number of hydrogen-bond acceptors (Lipinski definition) is 7. The molecule has 0 unspecified atom stereocenters. The highest BCUT2D eigenvalue weighted by molar-refractivity contribution is 7.71. The summed E-state index contributed by atoms with van der Waals surface area (Å²) in [5.41, 5.74) is -0.758. The van der Waals surface area contributed by atoms with Gasteiger partial charge in [0.15, 0.2) is 9.54 Å². The Morgan fingerprint density at radius 2 is 1.19 bits per heavy atom. The molecule has 3 aromatic rings. The molecule has 0 atom stereocenters. The number of nitriles is 1. The molecule has 0 aliphatic rings. The molecular formula is C20H19N5O4S2. The van der Waals surface area contributed by atoms with Crippen LogP contribution in [0.2, 0.25) is 0 Å². The predicted molar refractivity (Wildman–Crippen MR) is 118 cm³/mol. The van der Waals surface area contributed by atoms with Crippen LogP contribution in [0.5, 0.6) is 11.8 Å². The first-order valence-corrected chi connectivity index (χ1v) is 9.82. The van der Waals surface area contributed by atoms with Gasteiger partial charge in [-0.05, 0) is 42.1 Å². The molecule has 2 aromatic heterocycles. The van der Waals surface area contributed by atoms with E-state index in [1.165, 1.54) is 58.6 Å². The van der Waals surface area contributed by atoms with Crippen molar-refractivity contribution in [1.29, 1.82) is 5.26 Å². The number of nitrogens with zero attached hydrogens (tertiary/aromatic N) is 5. The molecule has 0 aliphatic carbocycles.